The number of carbonyl (C=O) groups excluding carboxylic acids is 1. The summed E-state index contributed by atoms with van der Waals surface area (Å²) in [6.07, 6.45) is 1.58. The molecule has 6 nitrogen and oxygen atoms in total. The van der Waals surface area contributed by atoms with Crippen molar-refractivity contribution in [1.29, 1.82) is 0 Å². The van der Waals surface area contributed by atoms with E-state index in [1.54, 1.807) is 18.3 Å². The van der Waals surface area contributed by atoms with E-state index in [1.165, 1.54) is 4.57 Å². The number of carbonyl (C=O) groups is 1. The van der Waals surface area contributed by atoms with E-state index < -0.39 is 0 Å². The second-order valence-electron chi connectivity index (χ2n) is 5.48. The first-order chi connectivity index (χ1) is 11.5. The van der Waals surface area contributed by atoms with E-state index in [4.69, 9.17) is 12.2 Å². The maximum absolute atomic E-state index is 12.5. The average molecular weight is 340 g/mol. The number of hydrogen-bond donors (Lipinski definition) is 2. The van der Waals surface area contributed by atoms with Crippen LogP contribution in [0.5, 0.6) is 0 Å². The van der Waals surface area contributed by atoms with Gasteiger partial charge < -0.3 is 10.3 Å². The number of fused-ring (bicyclic) bond motifs is 1. The van der Waals surface area contributed by atoms with Crippen LogP contribution in [-0.2, 0) is 17.9 Å². The molecule has 0 aliphatic heterocycles. The first kappa shape index (κ1) is 16.1. The molecule has 1 aromatic carbocycles. The largest absolute Gasteiger partial charge is 0.350 e. The Labute approximate surface area is 143 Å². The number of benzene rings is 1. The molecule has 122 valence electrons. The van der Waals surface area contributed by atoms with E-state index >= 15 is 0 Å². The number of pyridine rings is 1. The fourth-order valence-electron chi connectivity index (χ4n) is 2.33. The van der Waals surface area contributed by atoms with Gasteiger partial charge in [0.05, 0.1) is 5.39 Å². The Balaban J connectivity index is 1.77. The van der Waals surface area contributed by atoms with Crippen LogP contribution in [0.1, 0.15) is 11.1 Å². The number of H-pyrrole nitrogens is 1. The molecule has 0 saturated heterocycles. The van der Waals surface area contributed by atoms with Gasteiger partial charge >= 0.3 is 0 Å². The summed E-state index contributed by atoms with van der Waals surface area (Å²) in [6.45, 7) is 2.27. The van der Waals surface area contributed by atoms with Crippen LogP contribution in [0.2, 0.25) is 0 Å². The van der Waals surface area contributed by atoms with Crippen LogP contribution in [0, 0.1) is 11.7 Å². The zero-order valence-electron chi connectivity index (χ0n) is 13.1. The van der Waals surface area contributed by atoms with Crippen molar-refractivity contribution in [2.75, 3.05) is 0 Å². The maximum Gasteiger partial charge on any atom is 0.264 e. The minimum atomic E-state index is -0.327. The number of nitrogens with zero attached hydrogens (tertiary/aromatic N) is 2. The van der Waals surface area contributed by atoms with Crippen molar-refractivity contribution in [3.05, 3.63) is 68.8 Å². The lowest BCUT2D eigenvalue weighted by Gasteiger charge is -2.09. The molecule has 0 radical (unpaired) electrons. The summed E-state index contributed by atoms with van der Waals surface area (Å²) in [4.78, 5) is 31.5. The molecule has 2 N–H and O–H groups in total. The molecule has 24 heavy (non-hydrogen) atoms. The van der Waals surface area contributed by atoms with E-state index in [1.807, 2.05) is 31.2 Å². The Morgan fingerprint density at radius 3 is 2.79 bits per heavy atom. The van der Waals surface area contributed by atoms with Crippen molar-refractivity contribution in [3.8, 4) is 0 Å². The molecule has 0 spiro atoms. The number of amides is 1. The standard InChI is InChI=1S/C17H16N4O2S/c1-11-4-6-12(7-5-11)9-19-14(22)10-21-16(23)13-3-2-8-18-15(13)20-17(21)24/h2-8H,9-10H2,1H3,(H,19,22)(H,18,20,24). The molecule has 0 atom stereocenters. The Morgan fingerprint density at radius 1 is 1.29 bits per heavy atom. The number of rotatable bonds is 4. The normalized spacial score (nSPS) is 10.7. The third kappa shape index (κ3) is 3.41. The predicted molar refractivity (Wildman–Crippen MR) is 94.2 cm³/mol. The van der Waals surface area contributed by atoms with E-state index in [-0.39, 0.29) is 22.8 Å². The Hall–Kier alpha value is -2.80. The molecule has 3 rings (SSSR count). The van der Waals surface area contributed by atoms with Crippen LogP contribution in [0.25, 0.3) is 11.0 Å². The van der Waals surface area contributed by atoms with Crippen LogP contribution in [0.4, 0.5) is 0 Å². The molecule has 0 bridgehead atoms. The van der Waals surface area contributed by atoms with Gasteiger partial charge in [-0.3, -0.25) is 14.2 Å². The van der Waals surface area contributed by atoms with Gasteiger partial charge in [-0.2, -0.15) is 0 Å². The van der Waals surface area contributed by atoms with E-state index in [0.29, 0.717) is 17.6 Å². The summed E-state index contributed by atoms with van der Waals surface area (Å²) in [5.41, 5.74) is 2.25. The summed E-state index contributed by atoms with van der Waals surface area (Å²) in [6, 6.07) is 11.2. The van der Waals surface area contributed by atoms with E-state index in [2.05, 4.69) is 15.3 Å². The molecule has 7 heteroatoms. The summed E-state index contributed by atoms with van der Waals surface area (Å²) in [5.74, 6) is -0.277. The SMILES string of the molecule is Cc1ccc(CNC(=O)Cn2c(=S)[nH]c3ncccc3c2=O)cc1. The maximum atomic E-state index is 12.5. The fraction of sp³-hybridized carbons (Fsp3) is 0.176. The van der Waals surface area contributed by atoms with Gasteiger partial charge in [0.15, 0.2) is 4.77 Å². The molecule has 0 unspecified atom stereocenters. The molecular formula is C17H16N4O2S. The lowest BCUT2D eigenvalue weighted by atomic mass is 10.1. The predicted octanol–water partition coefficient (Wildman–Crippen LogP) is 2.08. The second-order valence-corrected chi connectivity index (χ2v) is 5.87. The minimum absolute atomic E-state index is 0.134. The fourth-order valence-corrected chi connectivity index (χ4v) is 2.58. The van der Waals surface area contributed by atoms with Crippen molar-refractivity contribution in [3.63, 3.8) is 0 Å². The van der Waals surface area contributed by atoms with Crippen molar-refractivity contribution >= 4 is 29.2 Å². The molecule has 2 aromatic heterocycles. The van der Waals surface area contributed by atoms with Gasteiger partial charge in [-0.05, 0) is 36.8 Å². The highest BCUT2D eigenvalue weighted by atomic mass is 32.1. The number of aryl methyl sites for hydroxylation is 1. The minimum Gasteiger partial charge on any atom is -0.350 e. The lowest BCUT2D eigenvalue weighted by Crippen LogP contribution is -2.33. The van der Waals surface area contributed by atoms with Gasteiger partial charge in [0.1, 0.15) is 12.2 Å². The topological polar surface area (TPSA) is 79.8 Å². The van der Waals surface area contributed by atoms with Crippen molar-refractivity contribution in [2.45, 2.75) is 20.0 Å². The van der Waals surface area contributed by atoms with Gasteiger partial charge in [-0.1, -0.05) is 29.8 Å². The van der Waals surface area contributed by atoms with Gasteiger partial charge in [-0.15, -0.1) is 0 Å². The first-order valence-electron chi connectivity index (χ1n) is 7.44. The highest BCUT2D eigenvalue weighted by Crippen LogP contribution is 2.04. The van der Waals surface area contributed by atoms with E-state index in [0.717, 1.165) is 11.1 Å². The highest BCUT2D eigenvalue weighted by Gasteiger charge is 2.10. The molecule has 0 aliphatic rings. The van der Waals surface area contributed by atoms with Gasteiger partial charge in [-0.25, -0.2) is 4.98 Å². The zero-order chi connectivity index (χ0) is 17.1. The van der Waals surface area contributed by atoms with Crippen LogP contribution in [0.3, 0.4) is 0 Å². The summed E-state index contributed by atoms with van der Waals surface area (Å²) >= 11 is 5.16. The monoisotopic (exact) mass is 340 g/mol. The molecule has 1 amide bonds. The number of aromatic amines is 1. The lowest BCUT2D eigenvalue weighted by molar-refractivity contribution is -0.121. The summed E-state index contributed by atoms with van der Waals surface area (Å²) in [5, 5.41) is 3.20. The van der Waals surface area contributed by atoms with Crippen molar-refractivity contribution in [2.24, 2.45) is 0 Å². The van der Waals surface area contributed by atoms with Crippen molar-refractivity contribution < 1.29 is 4.79 Å². The second kappa shape index (κ2) is 6.76. The van der Waals surface area contributed by atoms with Crippen LogP contribution >= 0.6 is 12.2 Å². The van der Waals surface area contributed by atoms with Crippen LogP contribution in [0.15, 0.2) is 47.4 Å². The molecular weight excluding hydrogens is 324 g/mol. The molecule has 2 heterocycles. The smallest absolute Gasteiger partial charge is 0.264 e. The summed E-state index contributed by atoms with van der Waals surface area (Å²) in [7, 11) is 0. The Kier molecular flexibility index (Phi) is 4.52. The van der Waals surface area contributed by atoms with E-state index in [9.17, 15) is 9.59 Å². The Morgan fingerprint density at radius 2 is 2.04 bits per heavy atom. The van der Waals surface area contributed by atoms with Crippen LogP contribution in [-0.4, -0.2) is 20.4 Å². The number of aromatic nitrogens is 3. The number of hydrogen-bond acceptors (Lipinski definition) is 4. The molecule has 0 saturated carbocycles. The molecule has 0 fully saturated rings. The first-order valence-corrected chi connectivity index (χ1v) is 7.85. The van der Waals surface area contributed by atoms with Crippen molar-refractivity contribution in [1.82, 2.24) is 19.9 Å². The Bertz CT molecular complexity index is 1010. The number of nitrogens with one attached hydrogen (secondary N) is 2. The summed E-state index contributed by atoms with van der Waals surface area (Å²) < 4.78 is 1.42. The molecule has 3 aromatic rings. The third-order valence-corrected chi connectivity index (χ3v) is 3.99. The zero-order valence-corrected chi connectivity index (χ0v) is 13.9. The van der Waals surface area contributed by atoms with Gasteiger partial charge in [0.25, 0.3) is 5.56 Å². The van der Waals surface area contributed by atoms with Gasteiger partial charge in [0.2, 0.25) is 5.91 Å². The van der Waals surface area contributed by atoms with Crippen LogP contribution < -0.4 is 10.9 Å². The molecule has 0 aliphatic carbocycles. The third-order valence-electron chi connectivity index (χ3n) is 3.67. The quantitative estimate of drug-likeness (QED) is 0.713. The average Bonchev–Trinajstić information content (AvgIpc) is 2.58. The van der Waals surface area contributed by atoms with Gasteiger partial charge in [0, 0.05) is 12.7 Å². The highest BCUT2D eigenvalue weighted by molar-refractivity contribution is 7.71.